The van der Waals surface area contributed by atoms with Crippen molar-refractivity contribution in [2.45, 2.75) is 0 Å². The molecule has 0 aromatic rings. The van der Waals surface area contributed by atoms with Gasteiger partial charge >= 0.3 is 18.9 Å². The van der Waals surface area contributed by atoms with Gasteiger partial charge in [0.15, 0.2) is 0 Å². The van der Waals surface area contributed by atoms with E-state index in [4.69, 9.17) is 11.6 Å². The second-order valence-electron chi connectivity index (χ2n) is 0.715. The third-order valence-corrected chi connectivity index (χ3v) is 0.770. The van der Waals surface area contributed by atoms with Gasteiger partial charge in [-0.2, -0.15) is 0 Å². The Morgan fingerprint density at radius 3 is 2.38 bits per heavy atom. The quantitative estimate of drug-likeness (QED) is 0.245. The maximum atomic E-state index is 9.48. The Morgan fingerprint density at radius 1 is 1.75 bits per heavy atom. The molecule has 0 rings (SSSR count). The van der Waals surface area contributed by atoms with E-state index in [0.29, 0.717) is 0 Å². The molecular weight excluding hydrogens is 146 g/mol. The Balaban J connectivity index is 0. The smallest absolute Gasteiger partial charge is 0.750 e. The minimum atomic E-state index is -2.40. The van der Waals surface area contributed by atoms with Crippen molar-refractivity contribution in [1.29, 1.82) is 0 Å². The first-order valence-corrected chi connectivity index (χ1v) is 3.09. The molecule has 6 heteroatoms. The molecule has 0 aromatic carbocycles. The molecule has 0 spiro atoms. The van der Waals surface area contributed by atoms with E-state index < -0.39 is 11.4 Å². The fourth-order valence-corrected chi connectivity index (χ4v) is 0.488. The molecule has 0 heterocycles. The summed E-state index contributed by atoms with van der Waals surface area (Å²) in [4.78, 5) is 0. The second kappa shape index (κ2) is 7.96. The van der Waals surface area contributed by atoms with E-state index in [1.165, 1.54) is 0 Å². The molecule has 0 aliphatic rings. The average molecular weight is 151 g/mol. The van der Waals surface area contributed by atoms with Crippen LogP contribution in [0.1, 0.15) is 0 Å². The molecule has 3 nitrogen and oxygen atoms in total. The Bertz CT molecular complexity index is 70.3. The normalized spacial score (nSPS) is 12.2. The molecular formula is C2H4ClLiO3S. The minimum absolute atomic E-state index is 0. The molecule has 1 atom stereocenters. The van der Waals surface area contributed by atoms with Crippen molar-refractivity contribution in [2.75, 3.05) is 12.5 Å². The molecule has 0 amide bonds. The molecule has 0 saturated carbocycles. The van der Waals surface area contributed by atoms with Gasteiger partial charge in [-0.3, -0.25) is 4.18 Å². The van der Waals surface area contributed by atoms with Gasteiger partial charge in [0.05, 0.1) is 18.0 Å². The van der Waals surface area contributed by atoms with Gasteiger partial charge in [-0.25, -0.2) is 4.21 Å². The van der Waals surface area contributed by atoms with Crippen LogP contribution in [0, 0.1) is 0 Å². The number of alkyl halides is 1. The van der Waals surface area contributed by atoms with Crippen LogP contribution in [0.3, 0.4) is 0 Å². The van der Waals surface area contributed by atoms with Crippen molar-refractivity contribution in [3.05, 3.63) is 0 Å². The van der Waals surface area contributed by atoms with Crippen LogP contribution in [0.25, 0.3) is 0 Å². The van der Waals surface area contributed by atoms with Crippen LogP contribution >= 0.6 is 11.6 Å². The summed E-state index contributed by atoms with van der Waals surface area (Å²) in [6, 6.07) is 0. The molecule has 1 unspecified atom stereocenters. The SMILES string of the molecule is O=S([O-])OCCCl.[Li+]. The maximum absolute atomic E-state index is 9.48. The van der Waals surface area contributed by atoms with E-state index in [0.717, 1.165) is 0 Å². The zero-order valence-corrected chi connectivity index (χ0v) is 6.00. The van der Waals surface area contributed by atoms with Gasteiger partial charge in [0, 0.05) is 5.88 Å². The molecule has 0 aliphatic carbocycles. The van der Waals surface area contributed by atoms with Crippen molar-refractivity contribution in [3.8, 4) is 0 Å². The number of rotatable bonds is 3. The monoisotopic (exact) mass is 150 g/mol. The van der Waals surface area contributed by atoms with Crippen molar-refractivity contribution in [3.63, 3.8) is 0 Å². The first kappa shape index (κ1) is 11.7. The zero-order valence-electron chi connectivity index (χ0n) is 4.43. The summed E-state index contributed by atoms with van der Waals surface area (Å²) in [7, 11) is 0. The number of hydrogen-bond acceptors (Lipinski definition) is 3. The molecule has 44 valence electrons. The van der Waals surface area contributed by atoms with E-state index in [-0.39, 0.29) is 31.3 Å². The van der Waals surface area contributed by atoms with E-state index in [1.54, 1.807) is 0 Å². The van der Waals surface area contributed by atoms with E-state index in [9.17, 15) is 8.76 Å². The van der Waals surface area contributed by atoms with Gasteiger partial charge in [0.2, 0.25) is 0 Å². The first-order valence-electron chi connectivity index (χ1n) is 1.56. The summed E-state index contributed by atoms with van der Waals surface area (Å²) in [6.07, 6.45) is 0. The van der Waals surface area contributed by atoms with Crippen LogP contribution < -0.4 is 18.9 Å². The largest absolute Gasteiger partial charge is 1.00 e. The van der Waals surface area contributed by atoms with Gasteiger partial charge in [0.1, 0.15) is 0 Å². The van der Waals surface area contributed by atoms with Crippen LogP contribution in [-0.4, -0.2) is 21.2 Å². The minimum Gasteiger partial charge on any atom is -0.750 e. The van der Waals surface area contributed by atoms with Gasteiger partial charge in [-0.1, -0.05) is 0 Å². The Morgan fingerprint density at radius 2 is 2.25 bits per heavy atom. The van der Waals surface area contributed by atoms with Crippen LogP contribution in [0.15, 0.2) is 0 Å². The first-order chi connectivity index (χ1) is 3.27. The average Bonchev–Trinajstić information content (AvgIpc) is 1.61. The maximum Gasteiger partial charge on any atom is 1.00 e. The number of halogens is 1. The molecule has 0 N–H and O–H groups in total. The molecule has 0 aliphatic heterocycles. The topological polar surface area (TPSA) is 49.4 Å². The van der Waals surface area contributed by atoms with Crippen molar-refractivity contribution >= 4 is 23.0 Å². The predicted molar refractivity (Wildman–Crippen MR) is 25.6 cm³/mol. The van der Waals surface area contributed by atoms with Crippen molar-refractivity contribution < 1.29 is 31.8 Å². The molecule has 8 heavy (non-hydrogen) atoms. The molecule has 0 radical (unpaired) electrons. The van der Waals surface area contributed by atoms with Crippen LogP contribution in [0.4, 0.5) is 0 Å². The summed E-state index contributed by atoms with van der Waals surface area (Å²) >= 11 is 2.65. The molecule has 0 bridgehead atoms. The van der Waals surface area contributed by atoms with E-state index >= 15 is 0 Å². The predicted octanol–water partition coefficient (Wildman–Crippen LogP) is -2.96. The molecule has 0 fully saturated rings. The number of hydrogen-bond donors (Lipinski definition) is 0. The standard InChI is InChI=1S/C2H5ClO3S.Li/c3-1-2-6-7(4)5;/h1-2H2,(H,4,5);/q;+1/p-1. The van der Waals surface area contributed by atoms with Gasteiger partial charge < -0.3 is 4.55 Å². The Kier molecular flexibility index (Phi) is 11.7. The third-order valence-electron chi connectivity index (χ3n) is 0.257. The summed E-state index contributed by atoms with van der Waals surface area (Å²) in [5, 5.41) is 0. The van der Waals surface area contributed by atoms with Crippen molar-refractivity contribution in [2.24, 2.45) is 0 Å². The van der Waals surface area contributed by atoms with Gasteiger partial charge in [-0.05, 0) is 0 Å². The van der Waals surface area contributed by atoms with Gasteiger partial charge in [-0.15, -0.1) is 11.6 Å². The van der Waals surface area contributed by atoms with E-state index in [2.05, 4.69) is 4.18 Å². The zero-order chi connectivity index (χ0) is 5.70. The third kappa shape index (κ3) is 10.0. The summed E-state index contributed by atoms with van der Waals surface area (Å²) in [5.74, 6) is 0.202. The van der Waals surface area contributed by atoms with Crippen LogP contribution in [0.5, 0.6) is 0 Å². The van der Waals surface area contributed by atoms with E-state index in [1.807, 2.05) is 0 Å². The summed E-state index contributed by atoms with van der Waals surface area (Å²) in [5.41, 5.74) is 0. The fraction of sp³-hybridized carbons (Fsp3) is 1.00. The molecule has 0 aromatic heterocycles. The van der Waals surface area contributed by atoms with Crippen LogP contribution in [-0.2, 0) is 15.5 Å². The fourth-order valence-electron chi connectivity index (χ4n) is 0.0995. The Labute approximate surface area is 67.4 Å². The second-order valence-corrected chi connectivity index (χ2v) is 1.74. The Hall–Kier alpha value is 0.957. The summed E-state index contributed by atoms with van der Waals surface area (Å²) < 4.78 is 22.9. The van der Waals surface area contributed by atoms with Crippen molar-refractivity contribution in [1.82, 2.24) is 0 Å². The van der Waals surface area contributed by atoms with Crippen LogP contribution in [0.2, 0.25) is 0 Å². The van der Waals surface area contributed by atoms with Gasteiger partial charge in [0.25, 0.3) is 0 Å². The summed E-state index contributed by atoms with van der Waals surface area (Å²) in [6.45, 7) is 0.0532. The molecule has 0 saturated heterocycles.